The van der Waals surface area contributed by atoms with Gasteiger partial charge in [0.25, 0.3) is 0 Å². The average molecular weight is 298 g/mol. The van der Waals surface area contributed by atoms with Crippen molar-refractivity contribution in [2.45, 2.75) is 31.8 Å². The highest BCUT2D eigenvalue weighted by atomic mass is 35.5. The molecule has 0 aromatic heterocycles. The van der Waals surface area contributed by atoms with Crippen molar-refractivity contribution < 1.29 is 14.6 Å². The molecule has 2 rings (SSSR count). The van der Waals surface area contributed by atoms with Gasteiger partial charge in [0, 0.05) is 23.7 Å². The quantitative estimate of drug-likeness (QED) is 0.908. The predicted molar refractivity (Wildman–Crippen MR) is 78.0 cm³/mol. The van der Waals surface area contributed by atoms with Crippen LogP contribution in [0, 0.1) is 0 Å². The van der Waals surface area contributed by atoms with Crippen molar-refractivity contribution in [3.8, 4) is 0 Å². The fourth-order valence-electron chi connectivity index (χ4n) is 2.83. The molecule has 1 aliphatic rings. The van der Waals surface area contributed by atoms with Gasteiger partial charge in [0.1, 0.15) is 0 Å². The molecule has 1 aliphatic heterocycles. The highest BCUT2D eigenvalue weighted by Gasteiger charge is 2.30. The van der Waals surface area contributed by atoms with Gasteiger partial charge in [-0.05, 0) is 24.1 Å². The van der Waals surface area contributed by atoms with Gasteiger partial charge in [-0.2, -0.15) is 0 Å². The van der Waals surface area contributed by atoms with Crippen LogP contribution in [0.4, 0.5) is 0 Å². The number of hydrogen-bond acceptors (Lipinski definition) is 3. The normalized spacial score (nSPS) is 21.6. The molecule has 1 N–H and O–H groups in total. The maximum absolute atomic E-state index is 11.0. The molecule has 0 aliphatic carbocycles. The van der Waals surface area contributed by atoms with E-state index in [2.05, 4.69) is 11.8 Å². The maximum atomic E-state index is 11.0. The molecule has 110 valence electrons. The number of carboxylic acid groups (broad SMARTS) is 1. The summed E-state index contributed by atoms with van der Waals surface area (Å²) in [6, 6.07) is 7.90. The summed E-state index contributed by atoms with van der Waals surface area (Å²) < 4.78 is 5.44. The molecule has 0 saturated carbocycles. The molecule has 1 heterocycles. The van der Waals surface area contributed by atoms with E-state index in [1.165, 1.54) is 0 Å². The van der Waals surface area contributed by atoms with Crippen LogP contribution in [-0.2, 0) is 9.53 Å². The Hall–Kier alpha value is -1.10. The number of aliphatic carboxylic acids is 1. The summed E-state index contributed by atoms with van der Waals surface area (Å²) in [7, 11) is 0. The molecular formula is C15H20ClNO3. The molecule has 2 unspecified atom stereocenters. The Labute approximate surface area is 124 Å². The molecule has 1 aromatic carbocycles. The number of hydrogen-bond donors (Lipinski definition) is 1. The summed E-state index contributed by atoms with van der Waals surface area (Å²) in [4.78, 5) is 13.3. The number of halogens is 1. The Morgan fingerprint density at radius 3 is 3.05 bits per heavy atom. The molecule has 0 amide bonds. The van der Waals surface area contributed by atoms with Crippen LogP contribution in [0.1, 0.15) is 31.4 Å². The lowest BCUT2D eigenvalue weighted by Crippen LogP contribution is -2.48. The number of carbonyl (C=O) groups is 1. The van der Waals surface area contributed by atoms with Gasteiger partial charge >= 0.3 is 5.97 Å². The topological polar surface area (TPSA) is 49.8 Å². The Kier molecular flexibility index (Phi) is 5.40. The van der Waals surface area contributed by atoms with E-state index >= 15 is 0 Å². The molecule has 1 aromatic rings. The van der Waals surface area contributed by atoms with Gasteiger partial charge < -0.3 is 9.84 Å². The van der Waals surface area contributed by atoms with E-state index in [1.807, 2.05) is 24.3 Å². The molecule has 0 bridgehead atoms. The zero-order valence-electron chi connectivity index (χ0n) is 11.6. The van der Waals surface area contributed by atoms with E-state index in [1.54, 1.807) is 0 Å². The lowest BCUT2D eigenvalue weighted by atomic mass is 9.99. The first-order chi connectivity index (χ1) is 9.61. The SMILES string of the molecule is CCC(c1cccc(Cl)c1)N1CCOCC1CC(=O)O. The van der Waals surface area contributed by atoms with E-state index in [0.717, 1.165) is 18.5 Å². The third kappa shape index (κ3) is 3.72. The first-order valence-electron chi connectivity index (χ1n) is 6.92. The van der Waals surface area contributed by atoms with Crippen LogP contribution in [0.15, 0.2) is 24.3 Å². The number of rotatable bonds is 5. The third-order valence-corrected chi connectivity index (χ3v) is 3.94. The number of benzene rings is 1. The zero-order chi connectivity index (χ0) is 14.5. The Balaban J connectivity index is 2.21. The number of ether oxygens (including phenoxy) is 1. The van der Waals surface area contributed by atoms with E-state index in [4.69, 9.17) is 21.4 Å². The minimum atomic E-state index is -0.786. The van der Waals surface area contributed by atoms with Crippen LogP contribution in [0.2, 0.25) is 5.02 Å². The summed E-state index contributed by atoms with van der Waals surface area (Å²) >= 11 is 6.07. The lowest BCUT2D eigenvalue weighted by molar-refractivity contribution is -0.141. The van der Waals surface area contributed by atoms with Crippen molar-refractivity contribution >= 4 is 17.6 Å². The first kappa shape index (κ1) is 15.3. The molecular weight excluding hydrogens is 278 g/mol. The van der Waals surface area contributed by atoms with Gasteiger partial charge in [-0.3, -0.25) is 9.69 Å². The lowest BCUT2D eigenvalue weighted by Gasteiger charge is -2.40. The predicted octanol–water partition coefficient (Wildman–Crippen LogP) is 2.97. The summed E-state index contributed by atoms with van der Waals surface area (Å²) in [5.41, 5.74) is 1.14. The van der Waals surface area contributed by atoms with E-state index in [9.17, 15) is 4.79 Å². The molecule has 4 nitrogen and oxygen atoms in total. The number of nitrogens with zero attached hydrogens (tertiary/aromatic N) is 1. The van der Waals surface area contributed by atoms with Crippen molar-refractivity contribution in [1.29, 1.82) is 0 Å². The zero-order valence-corrected chi connectivity index (χ0v) is 12.3. The second-order valence-corrected chi connectivity index (χ2v) is 5.48. The van der Waals surface area contributed by atoms with Gasteiger partial charge in [-0.15, -0.1) is 0 Å². The highest BCUT2D eigenvalue weighted by Crippen LogP contribution is 2.30. The van der Waals surface area contributed by atoms with E-state index in [0.29, 0.717) is 18.2 Å². The van der Waals surface area contributed by atoms with E-state index < -0.39 is 5.97 Å². The van der Waals surface area contributed by atoms with Crippen LogP contribution >= 0.6 is 11.6 Å². The Morgan fingerprint density at radius 1 is 1.60 bits per heavy atom. The van der Waals surface area contributed by atoms with Crippen molar-refractivity contribution in [1.82, 2.24) is 4.90 Å². The van der Waals surface area contributed by atoms with Crippen LogP contribution in [0.3, 0.4) is 0 Å². The van der Waals surface area contributed by atoms with Crippen LogP contribution in [0.5, 0.6) is 0 Å². The minimum Gasteiger partial charge on any atom is -0.481 e. The van der Waals surface area contributed by atoms with Gasteiger partial charge in [-0.25, -0.2) is 0 Å². The molecule has 1 saturated heterocycles. The second-order valence-electron chi connectivity index (χ2n) is 5.04. The van der Waals surface area contributed by atoms with Crippen molar-refractivity contribution in [3.63, 3.8) is 0 Å². The fourth-order valence-corrected chi connectivity index (χ4v) is 3.03. The number of carboxylic acids is 1. The largest absolute Gasteiger partial charge is 0.481 e. The first-order valence-corrected chi connectivity index (χ1v) is 7.30. The summed E-state index contributed by atoms with van der Waals surface area (Å²) in [5.74, 6) is -0.786. The maximum Gasteiger partial charge on any atom is 0.305 e. The van der Waals surface area contributed by atoms with Gasteiger partial charge in [0.15, 0.2) is 0 Å². The molecule has 1 fully saturated rings. The minimum absolute atomic E-state index is 0.0785. The molecule has 5 heteroatoms. The summed E-state index contributed by atoms with van der Waals surface area (Å²) in [6.07, 6.45) is 1.02. The summed E-state index contributed by atoms with van der Waals surface area (Å²) in [5, 5.41) is 9.76. The van der Waals surface area contributed by atoms with Gasteiger partial charge in [-0.1, -0.05) is 30.7 Å². The number of morpholine rings is 1. The third-order valence-electron chi connectivity index (χ3n) is 3.70. The molecule has 0 spiro atoms. The standard InChI is InChI=1S/C15H20ClNO3/c1-2-14(11-4-3-5-12(16)8-11)17-6-7-20-10-13(17)9-15(18)19/h3-5,8,13-14H,2,6-7,9-10H2,1H3,(H,18,19). The smallest absolute Gasteiger partial charge is 0.305 e. The van der Waals surface area contributed by atoms with Crippen molar-refractivity contribution in [2.75, 3.05) is 19.8 Å². The Morgan fingerprint density at radius 2 is 2.40 bits per heavy atom. The van der Waals surface area contributed by atoms with E-state index in [-0.39, 0.29) is 18.5 Å². The van der Waals surface area contributed by atoms with Crippen molar-refractivity contribution in [3.05, 3.63) is 34.9 Å². The average Bonchev–Trinajstić information content (AvgIpc) is 2.41. The van der Waals surface area contributed by atoms with Crippen LogP contribution in [0.25, 0.3) is 0 Å². The van der Waals surface area contributed by atoms with Gasteiger partial charge in [0.05, 0.1) is 19.6 Å². The van der Waals surface area contributed by atoms with Crippen LogP contribution < -0.4 is 0 Å². The monoisotopic (exact) mass is 297 g/mol. The summed E-state index contributed by atoms with van der Waals surface area (Å²) in [6.45, 7) is 3.98. The molecule has 0 radical (unpaired) electrons. The van der Waals surface area contributed by atoms with Gasteiger partial charge in [0.2, 0.25) is 0 Å². The fraction of sp³-hybridized carbons (Fsp3) is 0.533. The molecule has 20 heavy (non-hydrogen) atoms. The molecule has 2 atom stereocenters. The Bertz CT molecular complexity index is 466. The highest BCUT2D eigenvalue weighted by molar-refractivity contribution is 6.30. The second kappa shape index (κ2) is 7.07. The van der Waals surface area contributed by atoms with Crippen molar-refractivity contribution in [2.24, 2.45) is 0 Å². The van der Waals surface area contributed by atoms with Crippen LogP contribution in [-0.4, -0.2) is 41.8 Å².